The summed E-state index contributed by atoms with van der Waals surface area (Å²) in [6.07, 6.45) is 1.01. The zero-order chi connectivity index (χ0) is 11.8. The van der Waals surface area contributed by atoms with E-state index >= 15 is 0 Å². The van der Waals surface area contributed by atoms with Crippen LogP contribution in [0.4, 0.5) is 0 Å². The highest BCUT2D eigenvalue weighted by molar-refractivity contribution is 5.88. The molecule has 1 aliphatic heterocycles. The Hall–Kier alpha value is -0.900. The van der Waals surface area contributed by atoms with E-state index < -0.39 is 11.2 Å². The van der Waals surface area contributed by atoms with Gasteiger partial charge < -0.3 is 9.47 Å². The standard InChI is InChI=1S/C12H16O4/c1-7(13)16-12-4-8-9(14)5-11(12,3)15-6-10(8,12)2/h8H,4-6H2,1-3H3/t8-,10-,11-,12+/m0/s1. The van der Waals surface area contributed by atoms with E-state index in [1.807, 2.05) is 13.8 Å². The second-order valence-corrected chi connectivity index (χ2v) is 5.76. The van der Waals surface area contributed by atoms with E-state index in [1.165, 1.54) is 6.92 Å². The Bertz CT molecular complexity index is 392. The lowest BCUT2D eigenvalue weighted by atomic mass is 9.42. The van der Waals surface area contributed by atoms with Crippen molar-refractivity contribution in [2.45, 2.75) is 44.8 Å². The minimum absolute atomic E-state index is 0.0161. The number of rotatable bonds is 1. The highest BCUT2D eigenvalue weighted by Gasteiger charge is 2.82. The Labute approximate surface area is 94.3 Å². The third-order valence-corrected chi connectivity index (χ3v) is 4.95. The molecular weight excluding hydrogens is 208 g/mol. The van der Waals surface area contributed by atoms with E-state index in [0.717, 1.165) is 0 Å². The van der Waals surface area contributed by atoms with Gasteiger partial charge in [0, 0.05) is 31.1 Å². The van der Waals surface area contributed by atoms with Gasteiger partial charge in [-0.1, -0.05) is 6.92 Å². The molecule has 3 aliphatic rings. The van der Waals surface area contributed by atoms with Gasteiger partial charge >= 0.3 is 5.97 Å². The van der Waals surface area contributed by atoms with Gasteiger partial charge in [-0.3, -0.25) is 9.59 Å². The smallest absolute Gasteiger partial charge is 0.303 e. The summed E-state index contributed by atoms with van der Waals surface area (Å²) in [7, 11) is 0. The van der Waals surface area contributed by atoms with Crippen molar-refractivity contribution in [1.82, 2.24) is 0 Å². The second-order valence-electron chi connectivity index (χ2n) is 5.76. The maximum atomic E-state index is 11.9. The van der Waals surface area contributed by atoms with Gasteiger partial charge in [0.1, 0.15) is 17.0 Å². The molecule has 0 aromatic heterocycles. The molecule has 4 nitrogen and oxygen atoms in total. The van der Waals surface area contributed by atoms with E-state index in [9.17, 15) is 9.59 Å². The molecule has 3 rings (SSSR count). The van der Waals surface area contributed by atoms with Crippen molar-refractivity contribution in [3.05, 3.63) is 0 Å². The molecule has 88 valence electrons. The lowest BCUT2D eigenvalue weighted by Crippen LogP contribution is -2.75. The van der Waals surface area contributed by atoms with Crippen molar-refractivity contribution in [2.75, 3.05) is 6.61 Å². The first kappa shape index (κ1) is 10.3. The number of Topliss-reactive ketones (excluding diaryl/α,β-unsaturated/α-hetero) is 1. The Morgan fingerprint density at radius 2 is 2.19 bits per heavy atom. The summed E-state index contributed by atoms with van der Waals surface area (Å²) in [6, 6.07) is 0. The average molecular weight is 224 g/mol. The van der Waals surface area contributed by atoms with E-state index in [1.54, 1.807) is 0 Å². The maximum absolute atomic E-state index is 11.9. The van der Waals surface area contributed by atoms with Crippen LogP contribution >= 0.6 is 0 Å². The van der Waals surface area contributed by atoms with Crippen molar-refractivity contribution < 1.29 is 19.1 Å². The summed E-state index contributed by atoms with van der Waals surface area (Å²) in [6.45, 7) is 5.85. The lowest BCUT2D eigenvalue weighted by Gasteiger charge is -2.63. The van der Waals surface area contributed by atoms with Gasteiger partial charge in [0.05, 0.1) is 6.61 Å². The lowest BCUT2D eigenvalue weighted by molar-refractivity contribution is -0.254. The van der Waals surface area contributed by atoms with Crippen LogP contribution in [0.5, 0.6) is 0 Å². The van der Waals surface area contributed by atoms with Crippen molar-refractivity contribution in [1.29, 1.82) is 0 Å². The summed E-state index contributed by atoms with van der Waals surface area (Å²) in [5.41, 5.74) is -1.48. The fourth-order valence-electron chi connectivity index (χ4n) is 3.99. The van der Waals surface area contributed by atoms with E-state index in [4.69, 9.17) is 9.47 Å². The molecule has 4 heteroatoms. The van der Waals surface area contributed by atoms with Crippen molar-refractivity contribution in [3.8, 4) is 0 Å². The highest BCUT2D eigenvalue weighted by atomic mass is 16.6. The van der Waals surface area contributed by atoms with Crippen molar-refractivity contribution in [2.24, 2.45) is 11.3 Å². The number of hydrogen-bond donors (Lipinski definition) is 0. The minimum Gasteiger partial charge on any atom is -0.455 e. The molecule has 0 radical (unpaired) electrons. The van der Waals surface area contributed by atoms with Gasteiger partial charge in [0.15, 0.2) is 0 Å². The molecular formula is C12H16O4. The monoisotopic (exact) mass is 224 g/mol. The van der Waals surface area contributed by atoms with E-state index in [-0.39, 0.29) is 23.1 Å². The largest absolute Gasteiger partial charge is 0.455 e. The molecule has 0 N–H and O–H groups in total. The fourth-order valence-corrected chi connectivity index (χ4v) is 3.99. The quantitative estimate of drug-likeness (QED) is 0.625. The van der Waals surface area contributed by atoms with Gasteiger partial charge in [0.2, 0.25) is 0 Å². The number of fused-ring (bicyclic) bond motifs is 2. The van der Waals surface area contributed by atoms with Crippen LogP contribution in [0, 0.1) is 11.3 Å². The molecule has 2 aliphatic carbocycles. The summed E-state index contributed by atoms with van der Waals surface area (Å²) in [4.78, 5) is 23.2. The maximum Gasteiger partial charge on any atom is 0.303 e. The number of carbonyl (C=O) groups excluding carboxylic acids is 2. The zero-order valence-corrected chi connectivity index (χ0v) is 9.83. The third kappa shape index (κ3) is 0.796. The Morgan fingerprint density at radius 1 is 1.50 bits per heavy atom. The molecule has 0 aromatic carbocycles. The van der Waals surface area contributed by atoms with Crippen LogP contribution in [0.2, 0.25) is 0 Å². The summed E-state index contributed by atoms with van der Waals surface area (Å²) >= 11 is 0. The minimum atomic E-state index is -0.612. The number of hydrogen-bond acceptors (Lipinski definition) is 4. The molecule has 0 amide bonds. The van der Waals surface area contributed by atoms with Crippen LogP contribution in [0.25, 0.3) is 0 Å². The number of esters is 1. The average Bonchev–Trinajstić information content (AvgIpc) is 2.27. The van der Waals surface area contributed by atoms with Crippen LogP contribution < -0.4 is 0 Å². The summed E-state index contributed by atoms with van der Waals surface area (Å²) in [5, 5.41) is 0. The summed E-state index contributed by atoms with van der Waals surface area (Å²) in [5.74, 6) is -0.00491. The van der Waals surface area contributed by atoms with Crippen LogP contribution in [0.15, 0.2) is 0 Å². The van der Waals surface area contributed by atoms with Gasteiger partial charge in [-0.25, -0.2) is 0 Å². The molecule has 2 saturated carbocycles. The molecule has 1 heterocycles. The number of carbonyl (C=O) groups is 2. The molecule has 3 fully saturated rings. The van der Waals surface area contributed by atoms with Crippen molar-refractivity contribution in [3.63, 3.8) is 0 Å². The van der Waals surface area contributed by atoms with Gasteiger partial charge in [0.25, 0.3) is 0 Å². The SMILES string of the molecule is CC(=O)O[C@@]12C[C@H]3C(=O)C[C@]1(C)OC[C@@]32C. The molecule has 0 unspecified atom stereocenters. The van der Waals surface area contributed by atoms with Crippen molar-refractivity contribution >= 4 is 11.8 Å². The molecule has 2 bridgehead atoms. The fraction of sp³-hybridized carbons (Fsp3) is 0.833. The molecule has 0 aromatic rings. The molecule has 4 atom stereocenters. The molecule has 0 spiro atoms. The number of ether oxygens (including phenoxy) is 2. The molecule has 1 saturated heterocycles. The Balaban J connectivity index is 2.08. The Kier molecular flexibility index (Phi) is 1.61. The molecule has 16 heavy (non-hydrogen) atoms. The van der Waals surface area contributed by atoms with Crippen LogP contribution in [-0.4, -0.2) is 29.6 Å². The third-order valence-electron chi connectivity index (χ3n) is 4.95. The number of ketones is 1. The zero-order valence-electron chi connectivity index (χ0n) is 9.83. The first-order valence-electron chi connectivity index (χ1n) is 5.71. The van der Waals surface area contributed by atoms with E-state index in [0.29, 0.717) is 19.4 Å². The van der Waals surface area contributed by atoms with E-state index in [2.05, 4.69) is 0 Å². The predicted molar refractivity (Wildman–Crippen MR) is 54.7 cm³/mol. The van der Waals surface area contributed by atoms with Crippen LogP contribution in [-0.2, 0) is 19.1 Å². The summed E-state index contributed by atoms with van der Waals surface area (Å²) < 4.78 is 11.4. The first-order valence-corrected chi connectivity index (χ1v) is 5.71. The highest BCUT2D eigenvalue weighted by Crippen LogP contribution is 2.71. The van der Waals surface area contributed by atoms with Gasteiger partial charge in [-0.05, 0) is 6.92 Å². The Morgan fingerprint density at radius 3 is 2.75 bits per heavy atom. The van der Waals surface area contributed by atoms with Gasteiger partial charge in [-0.2, -0.15) is 0 Å². The first-order chi connectivity index (χ1) is 7.35. The topological polar surface area (TPSA) is 52.6 Å². The second kappa shape index (κ2) is 2.50. The van der Waals surface area contributed by atoms with Gasteiger partial charge in [-0.15, -0.1) is 0 Å². The predicted octanol–water partition coefficient (Wildman–Crippen LogP) is 1.08. The van der Waals surface area contributed by atoms with Crippen LogP contribution in [0.3, 0.4) is 0 Å². The van der Waals surface area contributed by atoms with Crippen LogP contribution in [0.1, 0.15) is 33.6 Å². The normalized spacial score (nSPS) is 53.4.